The summed E-state index contributed by atoms with van der Waals surface area (Å²) >= 11 is 0. The molecule has 2 N–H and O–H groups in total. The molecular formula is C16H15NO3. The molecule has 0 saturated carbocycles. The highest BCUT2D eigenvalue weighted by atomic mass is 16.3. The second-order valence-corrected chi connectivity index (χ2v) is 4.20. The van der Waals surface area contributed by atoms with Crippen molar-refractivity contribution >= 4 is 11.6 Å². The first-order valence-corrected chi connectivity index (χ1v) is 6.26. The number of aliphatic hydroxyl groups is 1. The second-order valence-electron chi connectivity index (χ2n) is 4.20. The van der Waals surface area contributed by atoms with E-state index in [9.17, 15) is 4.79 Å². The van der Waals surface area contributed by atoms with Crippen molar-refractivity contribution in [2.24, 2.45) is 0 Å². The summed E-state index contributed by atoms with van der Waals surface area (Å²) in [6.07, 6.45) is 1.92. The lowest BCUT2D eigenvalue weighted by atomic mass is 10.2. The van der Waals surface area contributed by atoms with Crippen LogP contribution < -0.4 is 5.32 Å². The molecule has 0 atom stereocenters. The summed E-state index contributed by atoms with van der Waals surface area (Å²) in [7, 11) is 0. The predicted octanol–water partition coefficient (Wildman–Crippen LogP) is 2.57. The minimum Gasteiger partial charge on any atom is -0.469 e. The van der Waals surface area contributed by atoms with E-state index in [0.717, 1.165) is 5.56 Å². The van der Waals surface area contributed by atoms with Crippen molar-refractivity contribution in [2.75, 3.05) is 11.9 Å². The number of carbonyl (C=O) groups is 1. The highest BCUT2D eigenvalue weighted by molar-refractivity contribution is 6.04. The minimum absolute atomic E-state index is 0.0448. The molecule has 0 radical (unpaired) electrons. The largest absolute Gasteiger partial charge is 0.469 e. The Bertz CT molecular complexity index is 662. The van der Waals surface area contributed by atoms with Crippen LogP contribution in [0.15, 0.2) is 41.0 Å². The van der Waals surface area contributed by atoms with E-state index in [1.165, 1.54) is 6.26 Å². The number of furan rings is 1. The summed E-state index contributed by atoms with van der Waals surface area (Å²) in [5.74, 6) is 6.14. The molecule has 0 aliphatic carbocycles. The number of rotatable bonds is 3. The van der Waals surface area contributed by atoms with E-state index in [1.807, 2.05) is 12.1 Å². The maximum atomic E-state index is 12.0. The van der Waals surface area contributed by atoms with E-state index in [-0.39, 0.29) is 12.5 Å². The number of anilines is 1. The zero-order valence-corrected chi connectivity index (χ0v) is 11.1. The van der Waals surface area contributed by atoms with Crippen LogP contribution in [0.4, 0.5) is 5.69 Å². The maximum absolute atomic E-state index is 12.0. The second kappa shape index (κ2) is 6.60. The van der Waals surface area contributed by atoms with E-state index in [4.69, 9.17) is 9.52 Å². The van der Waals surface area contributed by atoms with Crippen LogP contribution in [0.2, 0.25) is 0 Å². The number of aliphatic hydroxyl groups excluding tert-OH is 1. The molecule has 0 bridgehead atoms. The molecule has 4 nitrogen and oxygen atoms in total. The Hall–Kier alpha value is -2.51. The molecule has 4 heteroatoms. The summed E-state index contributed by atoms with van der Waals surface area (Å²) in [5, 5.41) is 11.5. The minimum atomic E-state index is -0.211. The van der Waals surface area contributed by atoms with Crippen LogP contribution in [0.25, 0.3) is 0 Å². The van der Waals surface area contributed by atoms with E-state index in [2.05, 4.69) is 17.2 Å². The topological polar surface area (TPSA) is 62.5 Å². The Kier molecular flexibility index (Phi) is 4.59. The molecule has 0 aliphatic rings. The molecule has 1 aromatic heterocycles. The van der Waals surface area contributed by atoms with E-state index in [1.54, 1.807) is 25.1 Å². The molecule has 0 saturated heterocycles. The van der Waals surface area contributed by atoms with Crippen LogP contribution in [0, 0.1) is 18.8 Å². The monoisotopic (exact) mass is 269 g/mol. The van der Waals surface area contributed by atoms with Crippen molar-refractivity contribution in [3.8, 4) is 11.8 Å². The molecule has 2 rings (SSSR count). The van der Waals surface area contributed by atoms with Gasteiger partial charge in [-0.15, -0.1) is 0 Å². The lowest BCUT2D eigenvalue weighted by Crippen LogP contribution is -2.12. The Balaban J connectivity index is 2.11. The van der Waals surface area contributed by atoms with Gasteiger partial charge in [-0.05, 0) is 31.2 Å². The molecule has 1 amide bonds. The standard InChI is InChI=1S/C16H15NO3/c1-12-15(8-10-20-12)16(19)17-14-7-4-6-13(11-14)5-2-3-9-18/h4,6-8,10-11,18H,3,9H2,1H3,(H,17,19). The molecule has 102 valence electrons. The number of amides is 1. The number of hydrogen-bond acceptors (Lipinski definition) is 3. The van der Waals surface area contributed by atoms with E-state index < -0.39 is 0 Å². The average molecular weight is 269 g/mol. The highest BCUT2D eigenvalue weighted by Gasteiger charge is 2.11. The van der Waals surface area contributed by atoms with Crippen molar-refractivity contribution in [3.05, 3.63) is 53.5 Å². The summed E-state index contributed by atoms with van der Waals surface area (Å²) in [6, 6.07) is 8.89. The molecule has 0 aliphatic heterocycles. The van der Waals surface area contributed by atoms with E-state index >= 15 is 0 Å². The first kappa shape index (κ1) is 13.9. The van der Waals surface area contributed by atoms with Gasteiger partial charge in [0.1, 0.15) is 5.76 Å². The predicted molar refractivity (Wildman–Crippen MR) is 76.4 cm³/mol. The van der Waals surface area contributed by atoms with Crippen molar-refractivity contribution in [1.29, 1.82) is 0 Å². The van der Waals surface area contributed by atoms with Crippen LogP contribution in [0.1, 0.15) is 28.1 Å². The molecule has 1 aromatic carbocycles. The Morgan fingerprint density at radius 3 is 2.95 bits per heavy atom. The van der Waals surface area contributed by atoms with Crippen molar-refractivity contribution < 1.29 is 14.3 Å². The van der Waals surface area contributed by atoms with Gasteiger partial charge in [0, 0.05) is 17.7 Å². The highest BCUT2D eigenvalue weighted by Crippen LogP contribution is 2.14. The first-order chi connectivity index (χ1) is 9.70. The summed E-state index contributed by atoms with van der Waals surface area (Å²) in [6.45, 7) is 1.79. The molecular weight excluding hydrogens is 254 g/mol. The van der Waals surface area contributed by atoms with Crippen LogP contribution in [0.5, 0.6) is 0 Å². The fraction of sp³-hybridized carbons (Fsp3) is 0.188. The smallest absolute Gasteiger partial charge is 0.259 e. The fourth-order valence-electron chi connectivity index (χ4n) is 1.71. The van der Waals surface area contributed by atoms with Gasteiger partial charge in [0.15, 0.2) is 0 Å². The summed E-state index contributed by atoms with van der Waals surface area (Å²) in [4.78, 5) is 12.0. The molecule has 1 heterocycles. The third-order valence-electron chi connectivity index (χ3n) is 2.69. The van der Waals surface area contributed by atoms with Crippen molar-refractivity contribution in [2.45, 2.75) is 13.3 Å². The van der Waals surface area contributed by atoms with Gasteiger partial charge in [-0.2, -0.15) is 0 Å². The number of benzene rings is 1. The van der Waals surface area contributed by atoms with Crippen LogP contribution in [-0.4, -0.2) is 17.6 Å². The van der Waals surface area contributed by atoms with Gasteiger partial charge >= 0.3 is 0 Å². The van der Waals surface area contributed by atoms with Gasteiger partial charge in [0.25, 0.3) is 5.91 Å². The van der Waals surface area contributed by atoms with Gasteiger partial charge in [0.2, 0.25) is 0 Å². The normalized spacial score (nSPS) is 9.70. The maximum Gasteiger partial charge on any atom is 0.259 e. The van der Waals surface area contributed by atoms with Crippen LogP contribution in [-0.2, 0) is 0 Å². The SMILES string of the molecule is Cc1occc1C(=O)Nc1cccc(C#CCCO)c1. The van der Waals surface area contributed by atoms with Crippen LogP contribution in [0.3, 0.4) is 0 Å². The summed E-state index contributed by atoms with van der Waals surface area (Å²) < 4.78 is 5.11. The molecule has 20 heavy (non-hydrogen) atoms. The Labute approximate surface area is 117 Å². The van der Waals surface area contributed by atoms with Gasteiger partial charge < -0.3 is 14.8 Å². The number of aryl methyl sites for hydroxylation is 1. The molecule has 0 unspecified atom stereocenters. The summed E-state index contributed by atoms with van der Waals surface area (Å²) in [5.41, 5.74) is 1.98. The lowest BCUT2D eigenvalue weighted by molar-refractivity contribution is 0.102. The van der Waals surface area contributed by atoms with Crippen LogP contribution >= 0.6 is 0 Å². The molecule has 0 fully saturated rings. The zero-order valence-electron chi connectivity index (χ0n) is 11.1. The zero-order chi connectivity index (χ0) is 14.4. The first-order valence-electron chi connectivity index (χ1n) is 6.26. The van der Waals surface area contributed by atoms with Crippen molar-refractivity contribution in [1.82, 2.24) is 0 Å². The fourth-order valence-corrected chi connectivity index (χ4v) is 1.71. The van der Waals surface area contributed by atoms with Gasteiger partial charge in [0.05, 0.1) is 18.4 Å². The Morgan fingerprint density at radius 1 is 1.40 bits per heavy atom. The van der Waals surface area contributed by atoms with Gasteiger partial charge in [-0.3, -0.25) is 4.79 Å². The number of nitrogens with one attached hydrogen (secondary N) is 1. The third-order valence-corrected chi connectivity index (χ3v) is 2.69. The lowest BCUT2D eigenvalue weighted by Gasteiger charge is -2.04. The number of hydrogen-bond donors (Lipinski definition) is 2. The molecule has 2 aromatic rings. The van der Waals surface area contributed by atoms with Gasteiger partial charge in [-0.1, -0.05) is 17.9 Å². The average Bonchev–Trinajstić information content (AvgIpc) is 2.86. The van der Waals surface area contributed by atoms with Crippen molar-refractivity contribution in [3.63, 3.8) is 0 Å². The molecule has 0 spiro atoms. The van der Waals surface area contributed by atoms with Gasteiger partial charge in [-0.25, -0.2) is 0 Å². The third kappa shape index (κ3) is 3.50. The quantitative estimate of drug-likeness (QED) is 0.842. The number of carbonyl (C=O) groups excluding carboxylic acids is 1. The van der Waals surface area contributed by atoms with E-state index in [0.29, 0.717) is 23.4 Å². The Morgan fingerprint density at radius 2 is 2.25 bits per heavy atom.